The van der Waals surface area contributed by atoms with Gasteiger partial charge in [-0.15, -0.1) is 0 Å². The van der Waals surface area contributed by atoms with E-state index in [0.29, 0.717) is 18.0 Å². The van der Waals surface area contributed by atoms with Crippen LogP contribution in [0, 0.1) is 0 Å². The number of ether oxygens (including phenoxy) is 1. The topological polar surface area (TPSA) is 97.4 Å². The largest absolute Gasteiger partial charge is 0.481 e. The highest BCUT2D eigenvalue weighted by Gasteiger charge is 2.17. The number of aromatic nitrogens is 1. The zero-order valence-corrected chi connectivity index (χ0v) is 20.1. The molecule has 33 heavy (non-hydrogen) atoms. The fourth-order valence-corrected chi connectivity index (χ4v) is 4.14. The highest BCUT2D eigenvalue weighted by atomic mass is 32.2. The van der Waals surface area contributed by atoms with Crippen molar-refractivity contribution < 1.29 is 17.9 Å². The van der Waals surface area contributed by atoms with E-state index < -0.39 is 10.0 Å². The number of sulfonamides is 1. The Kier molecular flexibility index (Phi) is 7.50. The molecule has 0 unspecified atom stereocenters. The van der Waals surface area contributed by atoms with Gasteiger partial charge >= 0.3 is 0 Å². The van der Waals surface area contributed by atoms with Crippen molar-refractivity contribution in [2.75, 3.05) is 7.11 Å². The van der Waals surface area contributed by atoms with Gasteiger partial charge in [-0.05, 0) is 52.4 Å². The molecule has 3 aromatic rings. The van der Waals surface area contributed by atoms with Crippen LogP contribution in [-0.4, -0.2) is 26.4 Å². The number of amides is 1. The van der Waals surface area contributed by atoms with E-state index in [1.54, 1.807) is 54.7 Å². The summed E-state index contributed by atoms with van der Waals surface area (Å²) in [5.74, 6) is 0.260. The van der Waals surface area contributed by atoms with Crippen molar-refractivity contribution in [2.45, 2.75) is 44.2 Å². The Balaban J connectivity index is 1.57. The quantitative estimate of drug-likeness (QED) is 0.525. The number of nitrogens with one attached hydrogen (secondary N) is 2. The SMILES string of the molecule is COc1cc(CNC(=O)c2ccc(CNS(=O)(=O)c3ccc(C(C)(C)C)cc3)cc2)ccn1. The summed E-state index contributed by atoms with van der Waals surface area (Å²) in [5, 5.41) is 2.85. The summed E-state index contributed by atoms with van der Waals surface area (Å²) in [6.07, 6.45) is 1.62. The van der Waals surface area contributed by atoms with Gasteiger partial charge in [-0.1, -0.05) is 45.0 Å². The van der Waals surface area contributed by atoms with Crippen LogP contribution in [0.3, 0.4) is 0 Å². The van der Waals surface area contributed by atoms with Crippen LogP contribution in [0.4, 0.5) is 0 Å². The van der Waals surface area contributed by atoms with Gasteiger partial charge in [-0.3, -0.25) is 4.79 Å². The maximum Gasteiger partial charge on any atom is 0.251 e. The number of hydrogen-bond donors (Lipinski definition) is 2. The van der Waals surface area contributed by atoms with Gasteiger partial charge in [0.25, 0.3) is 5.91 Å². The second-order valence-electron chi connectivity index (χ2n) is 8.68. The Morgan fingerprint density at radius 3 is 2.21 bits per heavy atom. The average Bonchev–Trinajstić information content (AvgIpc) is 2.81. The first-order valence-electron chi connectivity index (χ1n) is 10.5. The van der Waals surface area contributed by atoms with Gasteiger partial charge in [0.15, 0.2) is 0 Å². The molecule has 2 aromatic carbocycles. The molecule has 0 radical (unpaired) electrons. The van der Waals surface area contributed by atoms with Gasteiger partial charge in [0.1, 0.15) is 0 Å². The molecule has 2 N–H and O–H groups in total. The number of methoxy groups -OCH3 is 1. The molecule has 0 aliphatic rings. The fraction of sp³-hybridized carbons (Fsp3) is 0.280. The standard InChI is InChI=1S/C25H29N3O4S/c1-25(2,3)21-9-11-22(12-10-21)33(30,31)28-17-18-5-7-20(8-6-18)24(29)27-16-19-13-14-26-23(15-19)32-4/h5-15,28H,16-17H2,1-4H3,(H,27,29). The molecule has 174 valence electrons. The van der Waals surface area contributed by atoms with Crippen LogP contribution in [0.5, 0.6) is 5.88 Å². The van der Waals surface area contributed by atoms with E-state index in [2.05, 4.69) is 35.8 Å². The summed E-state index contributed by atoms with van der Waals surface area (Å²) in [6.45, 7) is 6.70. The summed E-state index contributed by atoms with van der Waals surface area (Å²) < 4.78 is 32.9. The first-order valence-corrected chi connectivity index (χ1v) is 12.0. The van der Waals surface area contributed by atoms with Crippen molar-refractivity contribution in [3.63, 3.8) is 0 Å². The Morgan fingerprint density at radius 1 is 0.939 bits per heavy atom. The third kappa shape index (κ3) is 6.63. The number of hydrogen-bond acceptors (Lipinski definition) is 5. The van der Waals surface area contributed by atoms with Crippen LogP contribution >= 0.6 is 0 Å². The molecule has 1 amide bonds. The van der Waals surface area contributed by atoms with E-state index in [9.17, 15) is 13.2 Å². The Hall–Kier alpha value is -3.23. The molecule has 0 aliphatic carbocycles. The van der Waals surface area contributed by atoms with Crippen molar-refractivity contribution in [3.05, 3.63) is 89.1 Å². The number of nitrogens with zero attached hydrogens (tertiary/aromatic N) is 1. The Labute approximate surface area is 195 Å². The summed E-state index contributed by atoms with van der Waals surface area (Å²) in [4.78, 5) is 16.7. The second kappa shape index (κ2) is 10.1. The van der Waals surface area contributed by atoms with Gasteiger partial charge < -0.3 is 10.1 Å². The molecule has 0 fully saturated rings. The second-order valence-corrected chi connectivity index (χ2v) is 10.5. The number of carbonyl (C=O) groups excluding carboxylic acids is 1. The number of pyridine rings is 1. The van der Waals surface area contributed by atoms with E-state index in [-0.39, 0.29) is 22.8 Å². The summed E-state index contributed by atoms with van der Waals surface area (Å²) in [6, 6.07) is 17.3. The predicted octanol–water partition coefficient (Wildman–Crippen LogP) is 3.80. The molecular formula is C25H29N3O4S. The number of rotatable bonds is 8. The molecule has 1 heterocycles. The van der Waals surface area contributed by atoms with Gasteiger partial charge in [0, 0.05) is 30.9 Å². The minimum absolute atomic E-state index is 0.0467. The average molecular weight is 468 g/mol. The molecule has 0 bridgehead atoms. The van der Waals surface area contributed by atoms with Crippen LogP contribution < -0.4 is 14.8 Å². The van der Waals surface area contributed by atoms with Crippen LogP contribution in [0.1, 0.15) is 47.8 Å². The molecule has 3 rings (SSSR count). The van der Waals surface area contributed by atoms with E-state index in [4.69, 9.17) is 4.74 Å². The normalized spacial score (nSPS) is 11.8. The molecule has 0 saturated heterocycles. The van der Waals surface area contributed by atoms with Crippen LogP contribution in [0.2, 0.25) is 0 Å². The monoisotopic (exact) mass is 467 g/mol. The fourth-order valence-electron chi connectivity index (χ4n) is 3.13. The summed E-state index contributed by atoms with van der Waals surface area (Å²) in [5.41, 5.74) is 3.13. The number of carbonyl (C=O) groups is 1. The third-order valence-corrected chi connectivity index (χ3v) is 6.59. The highest BCUT2D eigenvalue weighted by molar-refractivity contribution is 7.89. The van der Waals surface area contributed by atoms with Gasteiger partial charge in [0.2, 0.25) is 15.9 Å². The molecule has 0 spiro atoms. The molecule has 1 aromatic heterocycles. The summed E-state index contributed by atoms with van der Waals surface area (Å²) >= 11 is 0. The van der Waals surface area contributed by atoms with Crippen molar-refractivity contribution in [3.8, 4) is 5.88 Å². The lowest BCUT2D eigenvalue weighted by Crippen LogP contribution is -2.24. The molecule has 7 nitrogen and oxygen atoms in total. The maximum atomic E-state index is 12.6. The predicted molar refractivity (Wildman–Crippen MR) is 128 cm³/mol. The van der Waals surface area contributed by atoms with Crippen molar-refractivity contribution in [1.82, 2.24) is 15.0 Å². The van der Waals surface area contributed by atoms with E-state index in [0.717, 1.165) is 16.7 Å². The lowest BCUT2D eigenvalue weighted by Gasteiger charge is -2.19. The van der Waals surface area contributed by atoms with E-state index in [1.807, 2.05) is 12.1 Å². The van der Waals surface area contributed by atoms with Gasteiger partial charge in [0.05, 0.1) is 12.0 Å². The van der Waals surface area contributed by atoms with Gasteiger partial charge in [-0.2, -0.15) is 0 Å². The molecule has 0 saturated carbocycles. The molecular weight excluding hydrogens is 438 g/mol. The minimum atomic E-state index is -3.64. The van der Waals surface area contributed by atoms with Crippen molar-refractivity contribution in [2.24, 2.45) is 0 Å². The van der Waals surface area contributed by atoms with E-state index >= 15 is 0 Å². The highest BCUT2D eigenvalue weighted by Crippen LogP contribution is 2.23. The maximum absolute atomic E-state index is 12.6. The number of benzene rings is 2. The van der Waals surface area contributed by atoms with Crippen LogP contribution in [0.15, 0.2) is 71.8 Å². The third-order valence-electron chi connectivity index (χ3n) is 5.17. The smallest absolute Gasteiger partial charge is 0.251 e. The Bertz CT molecular complexity index is 1200. The lowest BCUT2D eigenvalue weighted by atomic mass is 9.87. The molecule has 0 aliphatic heterocycles. The zero-order valence-electron chi connectivity index (χ0n) is 19.3. The molecule has 0 atom stereocenters. The summed E-state index contributed by atoms with van der Waals surface area (Å²) in [7, 11) is -2.10. The van der Waals surface area contributed by atoms with E-state index in [1.165, 1.54) is 7.11 Å². The first-order chi connectivity index (χ1) is 15.6. The van der Waals surface area contributed by atoms with Gasteiger partial charge in [-0.25, -0.2) is 18.1 Å². The molecule has 8 heteroatoms. The van der Waals surface area contributed by atoms with Crippen LogP contribution in [0.25, 0.3) is 0 Å². The van der Waals surface area contributed by atoms with Crippen molar-refractivity contribution in [1.29, 1.82) is 0 Å². The van der Waals surface area contributed by atoms with Crippen LogP contribution in [-0.2, 0) is 28.5 Å². The minimum Gasteiger partial charge on any atom is -0.481 e. The lowest BCUT2D eigenvalue weighted by molar-refractivity contribution is 0.0951. The first kappa shape index (κ1) is 24.4. The zero-order chi connectivity index (χ0) is 24.1. The Morgan fingerprint density at radius 2 is 1.61 bits per heavy atom. The van der Waals surface area contributed by atoms with Crippen molar-refractivity contribution >= 4 is 15.9 Å².